The standard InChI is InChI=1S/C12H10BrNOS2/c1-7-4-8(13)2-3-10(7)14-12(15)11-5-9(16)6-17-11/h2-6,16H,1H3,(H,14,15). The summed E-state index contributed by atoms with van der Waals surface area (Å²) in [6.45, 7) is 1.96. The van der Waals surface area contributed by atoms with Crippen molar-refractivity contribution in [3.63, 3.8) is 0 Å². The Labute approximate surface area is 118 Å². The van der Waals surface area contributed by atoms with Crippen molar-refractivity contribution < 1.29 is 4.79 Å². The summed E-state index contributed by atoms with van der Waals surface area (Å²) >= 11 is 8.96. The van der Waals surface area contributed by atoms with Crippen molar-refractivity contribution >= 4 is 51.5 Å². The first-order chi connectivity index (χ1) is 8.06. The quantitative estimate of drug-likeness (QED) is 0.788. The van der Waals surface area contributed by atoms with Gasteiger partial charge in [-0.05, 0) is 36.8 Å². The summed E-state index contributed by atoms with van der Waals surface area (Å²) < 4.78 is 1.00. The summed E-state index contributed by atoms with van der Waals surface area (Å²) in [5, 5.41) is 4.72. The molecule has 0 spiro atoms. The molecule has 5 heteroatoms. The summed E-state index contributed by atoms with van der Waals surface area (Å²) in [6, 6.07) is 7.51. The van der Waals surface area contributed by atoms with E-state index in [1.807, 2.05) is 30.5 Å². The van der Waals surface area contributed by atoms with Crippen LogP contribution in [-0.4, -0.2) is 5.91 Å². The molecule has 2 nitrogen and oxygen atoms in total. The SMILES string of the molecule is Cc1cc(Br)ccc1NC(=O)c1cc(S)cs1. The first-order valence-electron chi connectivity index (χ1n) is 4.91. The first-order valence-corrected chi connectivity index (χ1v) is 7.03. The molecule has 1 N–H and O–H groups in total. The van der Waals surface area contributed by atoms with Crippen LogP contribution in [0.2, 0.25) is 0 Å². The highest BCUT2D eigenvalue weighted by atomic mass is 79.9. The number of halogens is 1. The fourth-order valence-corrected chi connectivity index (χ4v) is 2.92. The van der Waals surface area contributed by atoms with Gasteiger partial charge in [0.15, 0.2) is 0 Å². The van der Waals surface area contributed by atoms with Gasteiger partial charge in [0, 0.05) is 20.4 Å². The molecule has 0 radical (unpaired) electrons. The summed E-state index contributed by atoms with van der Waals surface area (Å²) in [7, 11) is 0. The maximum absolute atomic E-state index is 11.9. The molecule has 88 valence electrons. The molecule has 1 amide bonds. The van der Waals surface area contributed by atoms with Crippen LogP contribution in [0, 0.1) is 6.92 Å². The molecular formula is C12H10BrNOS2. The van der Waals surface area contributed by atoms with Gasteiger partial charge in [-0.1, -0.05) is 15.9 Å². The third-order valence-electron chi connectivity index (χ3n) is 2.25. The van der Waals surface area contributed by atoms with Crippen LogP contribution in [0.1, 0.15) is 15.2 Å². The Morgan fingerprint density at radius 3 is 2.76 bits per heavy atom. The maximum atomic E-state index is 11.9. The number of rotatable bonds is 2. The molecule has 0 saturated heterocycles. The van der Waals surface area contributed by atoms with Gasteiger partial charge in [0.05, 0.1) is 4.88 Å². The number of carbonyl (C=O) groups is 1. The van der Waals surface area contributed by atoms with Crippen molar-refractivity contribution in [3.8, 4) is 0 Å². The van der Waals surface area contributed by atoms with Gasteiger partial charge in [0.25, 0.3) is 5.91 Å². The van der Waals surface area contributed by atoms with Crippen LogP contribution in [0.3, 0.4) is 0 Å². The summed E-state index contributed by atoms with van der Waals surface area (Å²) in [4.78, 5) is 13.4. The molecule has 1 aromatic carbocycles. The monoisotopic (exact) mass is 327 g/mol. The van der Waals surface area contributed by atoms with Crippen molar-refractivity contribution in [1.82, 2.24) is 0 Å². The normalized spacial score (nSPS) is 10.3. The van der Waals surface area contributed by atoms with Crippen LogP contribution >= 0.6 is 39.9 Å². The van der Waals surface area contributed by atoms with Gasteiger partial charge >= 0.3 is 0 Å². The van der Waals surface area contributed by atoms with E-state index in [0.29, 0.717) is 4.88 Å². The lowest BCUT2D eigenvalue weighted by molar-refractivity contribution is 0.103. The lowest BCUT2D eigenvalue weighted by atomic mass is 10.2. The molecule has 1 heterocycles. The Morgan fingerprint density at radius 1 is 1.41 bits per heavy atom. The van der Waals surface area contributed by atoms with Gasteiger partial charge in [-0.15, -0.1) is 24.0 Å². The lowest BCUT2D eigenvalue weighted by Gasteiger charge is -2.07. The van der Waals surface area contributed by atoms with Gasteiger partial charge in [-0.3, -0.25) is 4.79 Å². The van der Waals surface area contributed by atoms with Crippen molar-refractivity contribution in [2.45, 2.75) is 11.8 Å². The zero-order valence-corrected chi connectivity index (χ0v) is 12.3. The third kappa shape index (κ3) is 3.12. The smallest absolute Gasteiger partial charge is 0.265 e. The van der Waals surface area contributed by atoms with E-state index in [4.69, 9.17) is 0 Å². The highest BCUT2D eigenvalue weighted by Gasteiger charge is 2.09. The topological polar surface area (TPSA) is 29.1 Å². The van der Waals surface area contributed by atoms with E-state index < -0.39 is 0 Å². The molecule has 2 aromatic rings. The molecular weight excluding hydrogens is 318 g/mol. The number of hydrogen-bond donors (Lipinski definition) is 2. The average molecular weight is 328 g/mol. The molecule has 0 fully saturated rings. The van der Waals surface area contributed by atoms with E-state index in [9.17, 15) is 4.79 Å². The summed E-state index contributed by atoms with van der Waals surface area (Å²) in [5.41, 5.74) is 1.85. The van der Waals surface area contributed by atoms with E-state index in [0.717, 1.165) is 20.6 Å². The van der Waals surface area contributed by atoms with Crippen LogP contribution in [0.5, 0.6) is 0 Å². The van der Waals surface area contributed by atoms with Crippen LogP contribution in [-0.2, 0) is 0 Å². The lowest BCUT2D eigenvalue weighted by Crippen LogP contribution is -2.10. The van der Waals surface area contributed by atoms with Gasteiger partial charge in [-0.25, -0.2) is 0 Å². The Bertz CT molecular complexity index is 565. The van der Waals surface area contributed by atoms with Crippen molar-refractivity contribution in [1.29, 1.82) is 0 Å². The van der Waals surface area contributed by atoms with Crippen LogP contribution in [0.25, 0.3) is 0 Å². The fraction of sp³-hybridized carbons (Fsp3) is 0.0833. The fourth-order valence-electron chi connectivity index (χ4n) is 1.40. The number of carbonyl (C=O) groups excluding carboxylic acids is 1. The Kier molecular flexibility index (Phi) is 3.91. The van der Waals surface area contributed by atoms with Crippen molar-refractivity contribution in [3.05, 3.63) is 44.6 Å². The number of hydrogen-bond acceptors (Lipinski definition) is 3. The maximum Gasteiger partial charge on any atom is 0.265 e. The number of amides is 1. The van der Waals surface area contributed by atoms with Crippen LogP contribution in [0.15, 0.2) is 39.0 Å². The number of aryl methyl sites for hydroxylation is 1. The minimum atomic E-state index is -0.0966. The van der Waals surface area contributed by atoms with E-state index in [2.05, 4.69) is 33.9 Å². The molecule has 0 aliphatic heterocycles. The van der Waals surface area contributed by atoms with Crippen LogP contribution in [0.4, 0.5) is 5.69 Å². The highest BCUT2D eigenvalue weighted by Crippen LogP contribution is 2.23. The minimum Gasteiger partial charge on any atom is -0.321 e. The van der Waals surface area contributed by atoms with E-state index in [-0.39, 0.29) is 5.91 Å². The zero-order valence-electron chi connectivity index (χ0n) is 9.03. The van der Waals surface area contributed by atoms with Gasteiger partial charge in [-0.2, -0.15) is 0 Å². The highest BCUT2D eigenvalue weighted by molar-refractivity contribution is 9.10. The number of thiophene rings is 1. The van der Waals surface area contributed by atoms with Gasteiger partial charge in [0.1, 0.15) is 0 Å². The Balaban J connectivity index is 2.18. The molecule has 0 aliphatic carbocycles. The summed E-state index contributed by atoms with van der Waals surface area (Å²) in [5.74, 6) is -0.0966. The second kappa shape index (κ2) is 5.25. The van der Waals surface area contributed by atoms with Gasteiger partial charge in [0.2, 0.25) is 0 Å². The van der Waals surface area contributed by atoms with E-state index >= 15 is 0 Å². The Morgan fingerprint density at radius 2 is 2.18 bits per heavy atom. The largest absolute Gasteiger partial charge is 0.321 e. The second-order valence-electron chi connectivity index (χ2n) is 3.58. The average Bonchev–Trinajstić information content (AvgIpc) is 2.69. The molecule has 0 bridgehead atoms. The second-order valence-corrected chi connectivity index (χ2v) is 5.93. The van der Waals surface area contributed by atoms with Crippen LogP contribution < -0.4 is 5.32 Å². The van der Waals surface area contributed by atoms with E-state index in [1.165, 1.54) is 11.3 Å². The van der Waals surface area contributed by atoms with Crippen molar-refractivity contribution in [2.24, 2.45) is 0 Å². The first kappa shape index (κ1) is 12.7. The van der Waals surface area contributed by atoms with E-state index in [1.54, 1.807) is 6.07 Å². The number of benzene rings is 1. The Hall–Kier alpha value is -0.780. The summed E-state index contributed by atoms with van der Waals surface area (Å²) in [6.07, 6.45) is 0. The predicted octanol–water partition coefficient (Wildman–Crippen LogP) is 4.36. The number of nitrogens with one attached hydrogen (secondary N) is 1. The molecule has 0 atom stereocenters. The molecule has 0 aliphatic rings. The molecule has 17 heavy (non-hydrogen) atoms. The number of anilines is 1. The van der Waals surface area contributed by atoms with Crippen molar-refractivity contribution in [2.75, 3.05) is 5.32 Å². The third-order valence-corrected chi connectivity index (χ3v) is 4.10. The predicted molar refractivity (Wildman–Crippen MR) is 78.4 cm³/mol. The minimum absolute atomic E-state index is 0.0966. The van der Waals surface area contributed by atoms with Gasteiger partial charge < -0.3 is 5.32 Å². The zero-order chi connectivity index (χ0) is 12.4. The number of thiol groups is 1. The molecule has 1 aromatic heterocycles. The molecule has 2 rings (SSSR count). The molecule has 0 unspecified atom stereocenters. The molecule has 0 saturated carbocycles.